The quantitative estimate of drug-likeness (QED) is 0.602. The third-order valence-corrected chi connectivity index (χ3v) is 3.97. The van der Waals surface area contributed by atoms with E-state index >= 15 is 0 Å². The Bertz CT molecular complexity index is 967. The topological polar surface area (TPSA) is 83.1 Å². The molecule has 6 heteroatoms. The summed E-state index contributed by atoms with van der Waals surface area (Å²) >= 11 is 0. The van der Waals surface area contributed by atoms with Gasteiger partial charge in [0.2, 0.25) is 11.8 Å². The summed E-state index contributed by atoms with van der Waals surface area (Å²) in [5.74, 6) is 0.466. The maximum atomic E-state index is 12.2. The molecule has 0 saturated heterocycles. The Morgan fingerprint density at radius 1 is 0.893 bits per heavy atom. The zero-order valence-corrected chi connectivity index (χ0v) is 15.8. The molecule has 0 saturated carbocycles. The van der Waals surface area contributed by atoms with Crippen LogP contribution in [0.1, 0.15) is 18.1 Å². The third-order valence-electron chi connectivity index (χ3n) is 3.97. The normalized spacial score (nSPS) is 10.2. The predicted octanol–water partition coefficient (Wildman–Crippen LogP) is 4.27. The van der Waals surface area contributed by atoms with Gasteiger partial charge in [-0.05, 0) is 48.9 Å². The number of carbonyl (C=O) groups excluding carboxylic acids is 2. The van der Waals surface area contributed by atoms with Gasteiger partial charge in [0, 0.05) is 18.3 Å². The van der Waals surface area contributed by atoms with E-state index in [0.29, 0.717) is 17.9 Å². The lowest BCUT2D eigenvalue weighted by Gasteiger charge is -2.09. The van der Waals surface area contributed by atoms with Crippen LogP contribution >= 0.6 is 0 Å². The molecule has 0 aliphatic heterocycles. The minimum Gasteiger partial charge on any atom is -0.340 e. The summed E-state index contributed by atoms with van der Waals surface area (Å²) in [5.41, 5.74) is 4.33. The molecule has 0 aliphatic carbocycles. The number of pyridine rings is 1. The fourth-order valence-corrected chi connectivity index (χ4v) is 2.74. The van der Waals surface area contributed by atoms with Gasteiger partial charge in [0.05, 0.1) is 18.3 Å². The maximum Gasteiger partial charge on any atom is 0.228 e. The number of rotatable bonds is 6. The van der Waals surface area contributed by atoms with Gasteiger partial charge in [-0.15, -0.1) is 0 Å². The summed E-state index contributed by atoms with van der Waals surface area (Å²) < 4.78 is 0. The van der Waals surface area contributed by atoms with Gasteiger partial charge >= 0.3 is 0 Å². The fraction of sp³-hybridized carbons (Fsp3) is 0.136. The van der Waals surface area contributed by atoms with Gasteiger partial charge in [-0.2, -0.15) is 0 Å². The molecular weight excluding hydrogens is 352 g/mol. The van der Waals surface area contributed by atoms with E-state index in [1.54, 1.807) is 18.3 Å². The highest BCUT2D eigenvalue weighted by molar-refractivity contribution is 5.92. The first-order valence-corrected chi connectivity index (χ1v) is 8.94. The molecule has 3 aromatic rings. The molecule has 0 bridgehead atoms. The summed E-state index contributed by atoms with van der Waals surface area (Å²) in [5, 5.41) is 8.75. The molecule has 0 atom stereocenters. The fourth-order valence-electron chi connectivity index (χ4n) is 2.74. The van der Waals surface area contributed by atoms with Gasteiger partial charge in [-0.1, -0.05) is 29.8 Å². The van der Waals surface area contributed by atoms with E-state index in [1.165, 1.54) is 6.92 Å². The lowest BCUT2D eigenvalue weighted by Crippen LogP contribution is -2.14. The number of nitrogens with one attached hydrogen (secondary N) is 3. The van der Waals surface area contributed by atoms with Crippen molar-refractivity contribution in [3.8, 4) is 0 Å². The highest BCUT2D eigenvalue weighted by atomic mass is 16.2. The number of aromatic nitrogens is 1. The van der Waals surface area contributed by atoms with E-state index in [-0.39, 0.29) is 11.8 Å². The van der Waals surface area contributed by atoms with Crippen LogP contribution in [0, 0.1) is 6.92 Å². The summed E-state index contributed by atoms with van der Waals surface area (Å²) in [6.07, 6.45) is 1.94. The van der Waals surface area contributed by atoms with Crippen molar-refractivity contribution < 1.29 is 9.59 Å². The first-order valence-electron chi connectivity index (χ1n) is 8.94. The largest absolute Gasteiger partial charge is 0.340 e. The first kappa shape index (κ1) is 19.1. The number of aryl methyl sites for hydroxylation is 1. The van der Waals surface area contributed by atoms with Crippen molar-refractivity contribution in [2.75, 3.05) is 16.0 Å². The van der Waals surface area contributed by atoms with Crippen molar-refractivity contribution in [3.05, 3.63) is 78.0 Å². The average molecular weight is 374 g/mol. The van der Waals surface area contributed by atoms with Crippen LogP contribution < -0.4 is 16.0 Å². The van der Waals surface area contributed by atoms with Crippen LogP contribution in [-0.4, -0.2) is 16.8 Å². The van der Waals surface area contributed by atoms with Crippen molar-refractivity contribution in [2.45, 2.75) is 20.3 Å². The first-order chi connectivity index (χ1) is 13.5. The zero-order chi connectivity index (χ0) is 19.9. The lowest BCUT2D eigenvalue weighted by molar-refractivity contribution is -0.116. The van der Waals surface area contributed by atoms with Gasteiger partial charge in [0.25, 0.3) is 0 Å². The van der Waals surface area contributed by atoms with Crippen molar-refractivity contribution in [2.24, 2.45) is 0 Å². The van der Waals surface area contributed by atoms with Crippen molar-refractivity contribution in [1.29, 1.82) is 0 Å². The molecule has 28 heavy (non-hydrogen) atoms. The number of carbonyl (C=O) groups is 2. The monoisotopic (exact) mass is 374 g/mol. The number of hydrogen-bond donors (Lipinski definition) is 3. The molecule has 2 amide bonds. The Morgan fingerprint density at radius 3 is 2.25 bits per heavy atom. The standard InChI is InChI=1S/C22H22N4O2/c1-15-4-3-5-17(12-15)13-22(28)26-20-10-11-21(23-14-20)25-19-8-6-18(7-9-19)24-16(2)27/h3-12,14H,13H2,1-2H3,(H,23,25)(H,24,27)(H,26,28). The molecule has 3 N–H and O–H groups in total. The van der Waals surface area contributed by atoms with Crippen LogP contribution in [0.5, 0.6) is 0 Å². The smallest absolute Gasteiger partial charge is 0.228 e. The molecule has 0 fully saturated rings. The van der Waals surface area contributed by atoms with Crippen LogP contribution in [0.3, 0.4) is 0 Å². The van der Waals surface area contributed by atoms with E-state index < -0.39 is 0 Å². The molecular formula is C22H22N4O2. The molecule has 3 rings (SSSR count). The van der Waals surface area contributed by atoms with Crippen LogP contribution in [0.4, 0.5) is 22.9 Å². The number of amides is 2. The summed E-state index contributed by atoms with van der Waals surface area (Å²) in [7, 11) is 0. The molecule has 6 nitrogen and oxygen atoms in total. The van der Waals surface area contributed by atoms with Gasteiger partial charge in [-0.3, -0.25) is 9.59 Å². The summed E-state index contributed by atoms with van der Waals surface area (Å²) in [4.78, 5) is 27.6. The third kappa shape index (κ3) is 5.67. The Labute approximate surface area is 164 Å². The Hall–Kier alpha value is -3.67. The van der Waals surface area contributed by atoms with E-state index in [1.807, 2.05) is 55.5 Å². The van der Waals surface area contributed by atoms with Crippen LogP contribution in [0.25, 0.3) is 0 Å². The van der Waals surface area contributed by atoms with E-state index in [9.17, 15) is 9.59 Å². The maximum absolute atomic E-state index is 12.2. The molecule has 0 radical (unpaired) electrons. The Morgan fingerprint density at radius 2 is 1.61 bits per heavy atom. The molecule has 0 spiro atoms. The number of benzene rings is 2. The molecule has 0 unspecified atom stereocenters. The summed E-state index contributed by atoms with van der Waals surface area (Å²) in [6, 6.07) is 18.8. The van der Waals surface area contributed by atoms with Crippen LogP contribution in [-0.2, 0) is 16.0 Å². The molecule has 1 aromatic heterocycles. The second-order valence-corrected chi connectivity index (χ2v) is 6.53. The van der Waals surface area contributed by atoms with Crippen LogP contribution in [0.15, 0.2) is 66.9 Å². The number of nitrogens with zero attached hydrogens (tertiary/aromatic N) is 1. The second-order valence-electron chi connectivity index (χ2n) is 6.53. The number of anilines is 4. The van der Waals surface area contributed by atoms with E-state index in [0.717, 1.165) is 22.5 Å². The van der Waals surface area contributed by atoms with Gasteiger partial charge in [0.1, 0.15) is 5.82 Å². The Kier molecular flexibility index (Phi) is 6.01. The minimum atomic E-state index is -0.109. The predicted molar refractivity (Wildman–Crippen MR) is 112 cm³/mol. The second kappa shape index (κ2) is 8.81. The number of hydrogen-bond acceptors (Lipinski definition) is 4. The van der Waals surface area contributed by atoms with Gasteiger partial charge in [-0.25, -0.2) is 4.98 Å². The van der Waals surface area contributed by atoms with Crippen molar-refractivity contribution in [1.82, 2.24) is 4.98 Å². The van der Waals surface area contributed by atoms with Gasteiger partial charge in [0.15, 0.2) is 0 Å². The highest BCUT2D eigenvalue weighted by Gasteiger charge is 2.05. The molecule has 0 aliphatic rings. The average Bonchev–Trinajstić information content (AvgIpc) is 2.64. The Balaban J connectivity index is 1.55. The lowest BCUT2D eigenvalue weighted by atomic mass is 10.1. The summed E-state index contributed by atoms with van der Waals surface area (Å²) in [6.45, 7) is 3.47. The SMILES string of the molecule is CC(=O)Nc1ccc(Nc2ccc(NC(=O)Cc3cccc(C)c3)cn2)cc1. The molecule has 2 aromatic carbocycles. The van der Waals surface area contributed by atoms with E-state index in [2.05, 4.69) is 20.9 Å². The van der Waals surface area contributed by atoms with Crippen molar-refractivity contribution in [3.63, 3.8) is 0 Å². The minimum absolute atomic E-state index is 0.0818. The van der Waals surface area contributed by atoms with Crippen LogP contribution in [0.2, 0.25) is 0 Å². The molecule has 142 valence electrons. The zero-order valence-electron chi connectivity index (χ0n) is 15.8. The molecule has 1 heterocycles. The van der Waals surface area contributed by atoms with E-state index in [4.69, 9.17) is 0 Å². The van der Waals surface area contributed by atoms with Crippen molar-refractivity contribution >= 4 is 34.7 Å². The highest BCUT2D eigenvalue weighted by Crippen LogP contribution is 2.19. The van der Waals surface area contributed by atoms with Gasteiger partial charge < -0.3 is 16.0 Å².